The summed E-state index contributed by atoms with van der Waals surface area (Å²) in [4.78, 5) is 37.1. The van der Waals surface area contributed by atoms with E-state index >= 15 is 0 Å². The molecule has 1 amide bonds. The van der Waals surface area contributed by atoms with Crippen molar-refractivity contribution in [2.24, 2.45) is 0 Å². The summed E-state index contributed by atoms with van der Waals surface area (Å²) in [5, 5.41) is 22.3. The minimum atomic E-state index is -1.38. The van der Waals surface area contributed by atoms with Gasteiger partial charge in [0, 0.05) is 12.3 Å². The zero-order valence-electron chi connectivity index (χ0n) is 10.5. The number of benzene rings is 1. The lowest BCUT2D eigenvalue weighted by atomic mass is 10.1. The van der Waals surface area contributed by atoms with E-state index in [1.165, 1.54) is 24.4 Å². The third kappa shape index (κ3) is 3.00. The molecule has 0 aliphatic carbocycles. The molecule has 2 N–H and O–H groups in total. The van der Waals surface area contributed by atoms with Crippen molar-refractivity contribution < 1.29 is 19.6 Å². The minimum absolute atomic E-state index is 0.0204. The monoisotopic (exact) mass is 287 g/mol. The number of rotatable bonds is 4. The van der Waals surface area contributed by atoms with E-state index in [1.54, 1.807) is 12.1 Å². The van der Waals surface area contributed by atoms with Gasteiger partial charge in [0.25, 0.3) is 11.6 Å². The first kappa shape index (κ1) is 14.1. The lowest BCUT2D eigenvalue weighted by molar-refractivity contribution is -0.383. The zero-order chi connectivity index (χ0) is 15.4. The Bertz CT molecular complexity index is 683. The molecule has 0 saturated carbocycles. The highest BCUT2D eigenvalue weighted by Crippen LogP contribution is 2.28. The van der Waals surface area contributed by atoms with Crippen molar-refractivity contribution in [3.63, 3.8) is 0 Å². The number of anilines is 1. The molecule has 106 valence electrons. The highest BCUT2D eigenvalue weighted by atomic mass is 16.6. The van der Waals surface area contributed by atoms with Crippen molar-refractivity contribution in [1.82, 2.24) is 4.98 Å². The second-order valence-electron chi connectivity index (χ2n) is 3.93. The molecule has 0 saturated heterocycles. The van der Waals surface area contributed by atoms with E-state index < -0.39 is 22.5 Å². The van der Waals surface area contributed by atoms with Gasteiger partial charge in [-0.15, -0.1) is 0 Å². The molecule has 1 aromatic carbocycles. The number of para-hydroxylation sites is 1. The second kappa shape index (κ2) is 5.78. The van der Waals surface area contributed by atoms with Crippen molar-refractivity contribution in [2.75, 3.05) is 5.32 Å². The number of nitro groups is 1. The molecule has 0 fully saturated rings. The van der Waals surface area contributed by atoms with Crippen LogP contribution in [-0.2, 0) is 0 Å². The average Bonchev–Trinajstić information content (AvgIpc) is 2.47. The summed E-state index contributed by atoms with van der Waals surface area (Å²) in [5.41, 5.74) is -1.22. The largest absolute Gasteiger partial charge is 0.478 e. The Hall–Kier alpha value is -3.29. The fourth-order valence-electron chi connectivity index (χ4n) is 1.68. The van der Waals surface area contributed by atoms with Gasteiger partial charge in [0.15, 0.2) is 0 Å². The molecule has 1 heterocycles. The highest BCUT2D eigenvalue weighted by Gasteiger charge is 2.23. The average molecular weight is 287 g/mol. The standard InChI is InChI=1S/C13H9N3O5/c17-12(9-5-1-2-7-14-9)15-11-8(13(18)19)4-3-6-10(11)16(20)21/h1-7H,(H,15,17)(H,18,19). The molecule has 1 aromatic heterocycles. The van der Waals surface area contributed by atoms with Gasteiger partial charge in [0.2, 0.25) is 0 Å². The molecular formula is C13H9N3O5. The van der Waals surface area contributed by atoms with Crippen LogP contribution in [0.25, 0.3) is 0 Å². The van der Waals surface area contributed by atoms with Crippen molar-refractivity contribution in [3.05, 3.63) is 64.0 Å². The van der Waals surface area contributed by atoms with Crippen LogP contribution in [0, 0.1) is 10.1 Å². The maximum atomic E-state index is 12.0. The SMILES string of the molecule is O=C(Nc1c(C(=O)O)cccc1[N+](=O)[O-])c1ccccn1. The predicted molar refractivity (Wildman–Crippen MR) is 72.2 cm³/mol. The summed E-state index contributed by atoms with van der Waals surface area (Å²) in [6, 6.07) is 8.09. The maximum Gasteiger partial charge on any atom is 0.338 e. The summed E-state index contributed by atoms with van der Waals surface area (Å²) in [7, 11) is 0. The van der Waals surface area contributed by atoms with Crippen LogP contribution in [0.15, 0.2) is 42.6 Å². The molecule has 0 bridgehead atoms. The number of hydrogen-bond donors (Lipinski definition) is 2. The van der Waals surface area contributed by atoms with Gasteiger partial charge in [0.05, 0.1) is 10.5 Å². The predicted octanol–water partition coefficient (Wildman–Crippen LogP) is 1.94. The number of aromatic nitrogens is 1. The van der Waals surface area contributed by atoms with Gasteiger partial charge in [-0.25, -0.2) is 4.79 Å². The Morgan fingerprint density at radius 2 is 1.95 bits per heavy atom. The lowest BCUT2D eigenvalue weighted by Crippen LogP contribution is -2.17. The van der Waals surface area contributed by atoms with Crippen molar-refractivity contribution >= 4 is 23.3 Å². The van der Waals surface area contributed by atoms with E-state index in [9.17, 15) is 19.7 Å². The van der Waals surface area contributed by atoms with E-state index in [2.05, 4.69) is 10.3 Å². The van der Waals surface area contributed by atoms with Gasteiger partial charge in [-0.05, 0) is 18.2 Å². The fourth-order valence-corrected chi connectivity index (χ4v) is 1.68. The molecule has 0 radical (unpaired) electrons. The summed E-state index contributed by atoms with van der Waals surface area (Å²) < 4.78 is 0. The molecule has 2 aromatic rings. The van der Waals surface area contributed by atoms with Crippen molar-refractivity contribution in [1.29, 1.82) is 0 Å². The van der Waals surface area contributed by atoms with Crippen LogP contribution in [0.1, 0.15) is 20.8 Å². The first-order valence-corrected chi connectivity index (χ1v) is 5.74. The second-order valence-corrected chi connectivity index (χ2v) is 3.93. The Balaban J connectivity index is 2.45. The number of hydrogen-bond acceptors (Lipinski definition) is 5. The summed E-state index contributed by atoms with van der Waals surface area (Å²) in [6.45, 7) is 0. The number of aromatic carboxylic acids is 1. The normalized spacial score (nSPS) is 9.90. The Labute approximate surface area is 118 Å². The lowest BCUT2D eigenvalue weighted by Gasteiger charge is -2.08. The van der Waals surface area contributed by atoms with Gasteiger partial charge in [-0.3, -0.25) is 19.9 Å². The van der Waals surface area contributed by atoms with Crippen LogP contribution in [0.2, 0.25) is 0 Å². The van der Waals surface area contributed by atoms with Gasteiger partial charge in [-0.1, -0.05) is 12.1 Å². The van der Waals surface area contributed by atoms with Crippen molar-refractivity contribution in [3.8, 4) is 0 Å². The quantitative estimate of drug-likeness (QED) is 0.654. The van der Waals surface area contributed by atoms with Gasteiger partial charge in [-0.2, -0.15) is 0 Å². The van der Waals surface area contributed by atoms with Gasteiger partial charge < -0.3 is 10.4 Å². The topological polar surface area (TPSA) is 122 Å². The molecular weight excluding hydrogens is 278 g/mol. The number of carboxylic acids is 1. The molecule has 8 heteroatoms. The number of nitrogens with one attached hydrogen (secondary N) is 1. The Kier molecular flexibility index (Phi) is 3.89. The first-order valence-electron chi connectivity index (χ1n) is 5.74. The number of nitro benzene ring substituents is 1. The Morgan fingerprint density at radius 3 is 2.52 bits per heavy atom. The van der Waals surface area contributed by atoms with E-state index in [0.29, 0.717) is 0 Å². The molecule has 21 heavy (non-hydrogen) atoms. The fraction of sp³-hybridized carbons (Fsp3) is 0. The third-order valence-corrected chi connectivity index (χ3v) is 2.61. The minimum Gasteiger partial charge on any atom is -0.478 e. The molecule has 8 nitrogen and oxygen atoms in total. The summed E-state index contributed by atoms with van der Waals surface area (Å²) >= 11 is 0. The van der Waals surface area contributed by atoms with Gasteiger partial charge >= 0.3 is 5.97 Å². The first-order chi connectivity index (χ1) is 10.0. The smallest absolute Gasteiger partial charge is 0.338 e. The molecule has 0 unspecified atom stereocenters. The molecule has 0 aliphatic heterocycles. The number of pyridine rings is 1. The number of carboxylic acid groups (broad SMARTS) is 1. The molecule has 0 atom stereocenters. The van der Waals surface area contributed by atoms with Crippen LogP contribution in [0.4, 0.5) is 11.4 Å². The molecule has 0 aliphatic rings. The number of carbonyl (C=O) groups is 2. The van der Waals surface area contributed by atoms with Crippen LogP contribution in [0.3, 0.4) is 0 Å². The molecule has 0 spiro atoms. The van der Waals surface area contributed by atoms with E-state index in [1.807, 2.05) is 0 Å². The van der Waals surface area contributed by atoms with Crippen molar-refractivity contribution in [2.45, 2.75) is 0 Å². The van der Waals surface area contributed by atoms with Crippen LogP contribution in [-0.4, -0.2) is 26.9 Å². The maximum absolute atomic E-state index is 12.0. The van der Waals surface area contributed by atoms with Gasteiger partial charge in [0.1, 0.15) is 11.4 Å². The van der Waals surface area contributed by atoms with Crippen LogP contribution < -0.4 is 5.32 Å². The number of nitrogens with zero attached hydrogens (tertiary/aromatic N) is 2. The highest BCUT2D eigenvalue weighted by molar-refractivity contribution is 6.08. The van der Waals surface area contributed by atoms with E-state index in [0.717, 1.165) is 6.07 Å². The van der Waals surface area contributed by atoms with E-state index in [4.69, 9.17) is 5.11 Å². The number of amides is 1. The van der Waals surface area contributed by atoms with Crippen LogP contribution in [0.5, 0.6) is 0 Å². The summed E-state index contributed by atoms with van der Waals surface area (Å²) in [5.74, 6) is -2.11. The summed E-state index contributed by atoms with van der Waals surface area (Å²) in [6.07, 6.45) is 1.38. The Morgan fingerprint density at radius 1 is 1.19 bits per heavy atom. The molecule has 2 rings (SSSR count). The van der Waals surface area contributed by atoms with Crippen LogP contribution >= 0.6 is 0 Å². The van der Waals surface area contributed by atoms with E-state index in [-0.39, 0.29) is 16.9 Å². The number of carbonyl (C=O) groups excluding carboxylic acids is 1. The zero-order valence-corrected chi connectivity index (χ0v) is 10.5. The third-order valence-electron chi connectivity index (χ3n) is 2.61.